The number of Topliss-reactive ketones (excluding diaryl/α,β-unsaturated/α-hetero) is 4. The van der Waals surface area contributed by atoms with Gasteiger partial charge >= 0.3 is 5.97 Å². The summed E-state index contributed by atoms with van der Waals surface area (Å²) in [4.78, 5) is 59.6. The van der Waals surface area contributed by atoms with E-state index in [1.54, 1.807) is 0 Å². The molecule has 0 amide bonds. The number of carbonyl (C=O) groups is 5. The van der Waals surface area contributed by atoms with Crippen molar-refractivity contribution in [2.24, 2.45) is 17.8 Å². The second-order valence-corrected chi connectivity index (χ2v) is 5.52. The zero-order valence-electron chi connectivity index (χ0n) is 13.2. The Morgan fingerprint density at radius 2 is 1.09 bits per heavy atom. The van der Waals surface area contributed by atoms with Crippen LogP contribution < -0.4 is 0 Å². The normalized spacial score (nSPS) is 31.2. The van der Waals surface area contributed by atoms with Crippen LogP contribution >= 0.6 is 0 Å². The van der Waals surface area contributed by atoms with E-state index >= 15 is 0 Å². The molecular weight excluding hydrogens is 292 g/mol. The van der Waals surface area contributed by atoms with Crippen molar-refractivity contribution in [3.05, 3.63) is 0 Å². The van der Waals surface area contributed by atoms with Crippen molar-refractivity contribution < 1.29 is 33.4 Å². The van der Waals surface area contributed by atoms with Crippen molar-refractivity contribution in [2.75, 3.05) is 7.11 Å². The lowest BCUT2D eigenvalue weighted by Gasteiger charge is -2.42. The minimum absolute atomic E-state index is 0.435. The fraction of sp³-hybridized carbons (Fsp3) is 0.667. The van der Waals surface area contributed by atoms with Gasteiger partial charge in [-0.3, -0.25) is 19.2 Å². The quantitative estimate of drug-likeness (QED) is 0.665. The summed E-state index contributed by atoms with van der Waals surface area (Å²) >= 11 is 0. The summed E-state index contributed by atoms with van der Waals surface area (Å²) in [6, 6.07) is 0. The van der Waals surface area contributed by atoms with E-state index in [1.807, 2.05) is 0 Å². The van der Waals surface area contributed by atoms with Crippen LogP contribution in [0.5, 0.6) is 0 Å². The Labute approximate surface area is 128 Å². The standard InChI is InChI=1S/C15H20O7/c1-6(16)10-11(7(2)17)13(9(4)19)22-14(15(20)21-5)12(10)8(3)18/h10-14H,1-5H3. The van der Waals surface area contributed by atoms with Crippen molar-refractivity contribution in [3.8, 4) is 0 Å². The molecule has 1 aliphatic rings. The molecule has 1 aliphatic heterocycles. The monoisotopic (exact) mass is 312 g/mol. The molecule has 1 fully saturated rings. The third kappa shape index (κ3) is 3.30. The molecule has 0 bridgehead atoms. The van der Waals surface area contributed by atoms with Gasteiger partial charge in [0.2, 0.25) is 0 Å². The van der Waals surface area contributed by atoms with E-state index in [0.717, 1.165) is 7.11 Å². The highest BCUT2D eigenvalue weighted by molar-refractivity contribution is 5.99. The van der Waals surface area contributed by atoms with Crippen LogP contribution in [-0.2, 0) is 33.4 Å². The van der Waals surface area contributed by atoms with Gasteiger partial charge in [-0.05, 0) is 27.7 Å². The summed E-state index contributed by atoms with van der Waals surface area (Å²) in [6.45, 7) is 4.88. The van der Waals surface area contributed by atoms with E-state index in [2.05, 4.69) is 4.74 Å². The largest absolute Gasteiger partial charge is 0.467 e. The SMILES string of the molecule is COC(=O)C1OC(C(C)=O)C(C(C)=O)C(C(C)=O)C1C(C)=O. The van der Waals surface area contributed by atoms with Crippen LogP contribution in [0.15, 0.2) is 0 Å². The van der Waals surface area contributed by atoms with Crippen molar-refractivity contribution >= 4 is 29.1 Å². The van der Waals surface area contributed by atoms with Gasteiger partial charge in [0.05, 0.1) is 18.9 Å². The topological polar surface area (TPSA) is 104 Å². The Bertz CT molecular complexity index is 522. The Balaban J connectivity index is 3.46. The molecule has 7 nitrogen and oxygen atoms in total. The highest BCUT2D eigenvalue weighted by Gasteiger charge is 2.55. The van der Waals surface area contributed by atoms with Crippen LogP contribution in [0.1, 0.15) is 27.7 Å². The van der Waals surface area contributed by atoms with Crippen LogP contribution in [0.4, 0.5) is 0 Å². The second-order valence-electron chi connectivity index (χ2n) is 5.52. The van der Waals surface area contributed by atoms with E-state index in [-0.39, 0.29) is 0 Å². The molecule has 1 rings (SSSR count). The second kappa shape index (κ2) is 6.91. The van der Waals surface area contributed by atoms with Crippen LogP contribution in [0.3, 0.4) is 0 Å². The molecule has 22 heavy (non-hydrogen) atoms. The van der Waals surface area contributed by atoms with E-state index in [1.165, 1.54) is 27.7 Å². The number of hydrogen-bond donors (Lipinski definition) is 0. The van der Waals surface area contributed by atoms with E-state index < -0.39 is 59.1 Å². The summed E-state index contributed by atoms with van der Waals surface area (Å²) in [6.07, 6.45) is -2.62. The van der Waals surface area contributed by atoms with Gasteiger partial charge in [-0.2, -0.15) is 0 Å². The van der Waals surface area contributed by atoms with Crippen LogP contribution in [-0.4, -0.2) is 48.4 Å². The molecule has 5 unspecified atom stereocenters. The predicted octanol–water partition coefficient (Wildman–Crippen LogP) is 0.131. The van der Waals surface area contributed by atoms with E-state index in [4.69, 9.17) is 4.74 Å². The van der Waals surface area contributed by atoms with E-state index in [9.17, 15) is 24.0 Å². The summed E-state index contributed by atoms with van der Waals surface area (Å²) < 4.78 is 10.0. The van der Waals surface area contributed by atoms with Gasteiger partial charge in [-0.15, -0.1) is 0 Å². The number of ether oxygens (including phenoxy) is 2. The lowest BCUT2D eigenvalue weighted by molar-refractivity contribution is -0.191. The molecule has 0 aromatic carbocycles. The summed E-state index contributed by atoms with van der Waals surface area (Å²) in [5.74, 6) is -5.98. The van der Waals surface area contributed by atoms with E-state index in [0.29, 0.717) is 0 Å². The van der Waals surface area contributed by atoms with Crippen molar-refractivity contribution in [2.45, 2.75) is 39.9 Å². The number of rotatable bonds is 5. The Kier molecular flexibility index (Phi) is 5.71. The average molecular weight is 312 g/mol. The van der Waals surface area contributed by atoms with Crippen molar-refractivity contribution in [1.82, 2.24) is 0 Å². The molecule has 0 saturated carbocycles. The number of ketones is 4. The van der Waals surface area contributed by atoms with Gasteiger partial charge in [-0.25, -0.2) is 4.79 Å². The van der Waals surface area contributed by atoms with Crippen LogP contribution in [0, 0.1) is 17.8 Å². The van der Waals surface area contributed by atoms with Gasteiger partial charge in [0, 0.05) is 5.92 Å². The Morgan fingerprint density at radius 3 is 1.41 bits per heavy atom. The van der Waals surface area contributed by atoms with Gasteiger partial charge in [-0.1, -0.05) is 0 Å². The molecule has 0 N–H and O–H groups in total. The van der Waals surface area contributed by atoms with Crippen LogP contribution in [0.25, 0.3) is 0 Å². The minimum atomic E-state index is -1.37. The molecule has 0 spiro atoms. The van der Waals surface area contributed by atoms with Gasteiger partial charge in [0.25, 0.3) is 0 Å². The fourth-order valence-electron chi connectivity index (χ4n) is 3.03. The molecular formula is C15H20O7. The highest BCUT2D eigenvalue weighted by atomic mass is 16.6. The number of carbonyl (C=O) groups excluding carboxylic acids is 5. The third-order valence-corrected chi connectivity index (χ3v) is 3.96. The Morgan fingerprint density at radius 1 is 0.682 bits per heavy atom. The number of hydrogen-bond acceptors (Lipinski definition) is 7. The zero-order valence-corrected chi connectivity index (χ0v) is 13.2. The molecule has 0 aliphatic carbocycles. The highest BCUT2D eigenvalue weighted by Crippen LogP contribution is 2.38. The zero-order chi connectivity index (χ0) is 17.2. The summed E-state index contributed by atoms with van der Waals surface area (Å²) in [5.41, 5.74) is 0. The van der Waals surface area contributed by atoms with Gasteiger partial charge in [0.15, 0.2) is 11.9 Å². The van der Waals surface area contributed by atoms with Gasteiger partial charge < -0.3 is 9.47 Å². The minimum Gasteiger partial charge on any atom is -0.467 e. The lowest BCUT2D eigenvalue weighted by atomic mass is 9.68. The molecule has 0 aromatic rings. The maximum atomic E-state index is 12.0. The average Bonchev–Trinajstić information content (AvgIpc) is 2.43. The summed E-state index contributed by atoms with van der Waals surface area (Å²) in [7, 11) is 1.12. The lowest BCUT2D eigenvalue weighted by Crippen LogP contribution is -2.58. The first kappa shape index (κ1) is 18.2. The number of methoxy groups -OCH3 is 1. The molecule has 1 heterocycles. The molecule has 5 atom stereocenters. The first-order valence-corrected chi connectivity index (χ1v) is 6.88. The molecule has 1 saturated heterocycles. The van der Waals surface area contributed by atoms with Gasteiger partial charge in [0.1, 0.15) is 23.5 Å². The smallest absolute Gasteiger partial charge is 0.335 e. The molecule has 0 radical (unpaired) electrons. The van der Waals surface area contributed by atoms with Crippen molar-refractivity contribution in [3.63, 3.8) is 0 Å². The number of esters is 1. The molecule has 7 heteroatoms. The summed E-state index contributed by atoms with van der Waals surface area (Å²) in [5, 5.41) is 0. The molecule has 0 aromatic heterocycles. The van der Waals surface area contributed by atoms with Crippen LogP contribution in [0.2, 0.25) is 0 Å². The first-order valence-electron chi connectivity index (χ1n) is 6.88. The third-order valence-electron chi connectivity index (χ3n) is 3.96. The maximum Gasteiger partial charge on any atom is 0.335 e. The first-order chi connectivity index (χ1) is 10.1. The maximum absolute atomic E-state index is 12.0. The van der Waals surface area contributed by atoms with Crippen molar-refractivity contribution in [1.29, 1.82) is 0 Å². The molecule has 122 valence electrons. The predicted molar refractivity (Wildman–Crippen MR) is 73.9 cm³/mol. The fourth-order valence-corrected chi connectivity index (χ4v) is 3.03. The Hall–Kier alpha value is -1.89.